The summed E-state index contributed by atoms with van der Waals surface area (Å²) in [7, 11) is 0. The second-order valence-electron chi connectivity index (χ2n) is 4.71. The van der Waals surface area contributed by atoms with Crippen LogP contribution in [0.25, 0.3) is 6.08 Å². The van der Waals surface area contributed by atoms with Crippen LogP contribution in [0.15, 0.2) is 12.1 Å². The molecule has 0 spiro atoms. The maximum atomic E-state index is 14.3. The average Bonchev–Trinajstić information content (AvgIpc) is 2.90. The number of rotatable bonds is 5. The van der Waals surface area contributed by atoms with E-state index in [1.807, 2.05) is 0 Å². The van der Waals surface area contributed by atoms with Gasteiger partial charge in [-0.3, -0.25) is 0 Å². The van der Waals surface area contributed by atoms with Crippen LogP contribution in [0.3, 0.4) is 0 Å². The number of hydrogen-bond acceptors (Lipinski definition) is 4. The van der Waals surface area contributed by atoms with Crippen molar-refractivity contribution in [3.05, 3.63) is 34.1 Å². The van der Waals surface area contributed by atoms with E-state index in [4.69, 9.17) is 30.9 Å². The molecule has 0 atom stereocenters. The minimum atomic E-state index is -1.21. The Morgan fingerprint density at radius 1 is 1.55 bits per heavy atom. The highest BCUT2D eigenvalue weighted by Crippen LogP contribution is 2.42. The van der Waals surface area contributed by atoms with Gasteiger partial charge in [0.05, 0.1) is 36.0 Å². The molecule has 5 nitrogen and oxygen atoms in total. The standard InChI is InChI=1S/C15H16ClFO5/c1-3-20-14-9(4-5-12(18)19)13(17)11(16)8-10(14)15(2)21-6-7-22-15/h4-5,8H,3,6-7H2,1-2H3,(H,18,19). The lowest BCUT2D eigenvalue weighted by atomic mass is 10.0. The summed E-state index contributed by atoms with van der Waals surface area (Å²) in [6.45, 7) is 4.45. The van der Waals surface area contributed by atoms with Crippen molar-refractivity contribution in [3.8, 4) is 5.75 Å². The summed E-state index contributed by atoms with van der Waals surface area (Å²) in [6.07, 6.45) is 1.93. The molecular formula is C15H16ClFO5. The van der Waals surface area contributed by atoms with Gasteiger partial charge in [0.1, 0.15) is 5.75 Å². The number of aliphatic carboxylic acids is 1. The van der Waals surface area contributed by atoms with E-state index in [1.165, 1.54) is 6.07 Å². The molecule has 0 amide bonds. The van der Waals surface area contributed by atoms with E-state index in [2.05, 4.69) is 0 Å². The summed E-state index contributed by atoms with van der Waals surface area (Å²) in [5.74, 6) is -2.92. The monoisotopic (exact) mass is 330 g/mol. The predicted octanol–water partition coefficient (Wildman–Crippen LogP) is 3.20. The third kappa shape index (κ3) is 3.24. The van der Waals surface area contributed by atoms with Crippen molar-refractivity contribution in [1.82, 2.24) is 0 Å². The van der Waals surface area contributed by atoms with Crippen LogP contribution in [0.1, 0.15) is 25.0 Å². The fourth-order valence-corrected chi connectivity index (χ4v) is 2.45. The molecule has 1 aliphatic heterocycles. The van der Waals surface area contributed by atoms with Gasteiger partial charge in [-0.1, -0.05) is 11.6 Å². The van der Waals surface area contributed by atoms with Crippen molar-refractivity contribution in [2.75, 3.05) is 19.8 Å². The average molecular weight is 331 g/mol. The molecule has 1 aromatic rings. The van der Waals surface area contributed by atoms with Gasteiger partial charge in [-0.15, -0.1) is 0 Å². The highest BCUT2D eigenvalue weighted by atomic mass is 35.5. The molecule has 0 bridgehead atoms. The zero-order chi connectivity index (χ0) is 16.3. The third-order valence-electron chi connectivity index (χ3n) is 3.22. The van der Waals surface area contributed by atoms with Crippen LogP contribution >= 0.6 is 11.6 Å². The van der Waals surface area contributed by atoms with Gasteiger partial charge < -0.3 is 19.3 Å². The molecule has 0 aliphatic carbocycles. The lowest BCUT2D eigenvalue weighted by Gasteiger charge is -2.26. The maximum Gasteiger partial charge on any atom is 0.328 e. The van der Waals surface area contributed by atoms with Gasteiger partial charge in [-0.2, -0.15) is 0 Å². The summed E-state index contributed by atoms with van der Waals surface area (Å²) in [6, 6.07) is 1.38. The lowest BCUT2D eigenvalue weighted by Crippen LogP contribution is -2.24. The zero-order valence-corrected chi connectivity index (χ0v) is 12.9. The van der Waals surface area contributed by atoms with Crippen molar-refractivity contribution in [3.63, 3.8) is 0 Å². The fourth-order valence-electron chi connectivity index (χ4n) is 2.24. The first kappa shape index (κ1) is 16.7. The SMILES string of the molecule is CCOc1c(C2(C)OCCO2)cc(Cl)c(F)c1C=CC(=O)O. The van der Waals surface area contributed by atoms with E-state index in [9.17, 15) is 9.18 Å². The van der Waals surface area contributed by atoms with Crippen LogP contribution in [-0.4, -0.2) is 30.9 Å². The number of benzene rings is 1. The maximum absolute atomic E-state index is 14.3. The molecule has 1 heterocycles. The smallest absolute Gasteiger partial charge is 0.328 e. The van der Waals surface area contributed by atoms with Gasteiger partial charge >= 0.3 is 5.97 Å². The molecule has 0 radical (unpaired) electrons. The third-order valence-corrected chi connectivity index (χ3v) is 3.49. The second kappa shape index (κ2) is 6.64. The molecule has 1 aromatic carbocycles. The van der Waals surface area contributed by atoms with E-state index in [-0.39, 0.29) is 22.9 Å². The Balaban J connectivity index is 2.65. The molecule has 1 saturated heterocycles. The predicted molar refractivity (Wildman–Crippen MR) is 78.5 cm³/mol. The largest absolute Gasteiger partial charge is 0.493 e. The van der Waals surface area contributed by atoms with Crippen molar-refractivity contribution in [2.45, 2.75) is 19.6 Å². The number of hydrogen-bond donors (Lipinski definition) is 1. The Kier molecular flexibility index (Phi) is 5.05. The first-order chi connectivity index (χ1) is 10.4. The molecule has 2 rings (SSSR count). The molecule has 0 saturated carbocycles. The van der Waals surface area contributed by atoms with E-state index >= 15 is 0 Å². The van der Waals surface area contributed by atoms with E-state index in [0.29, 0.717) is 18.8 Å². The molecule has 1 aliphatic rings. The summed E-state index contributed by atoms with van der Waals surface area (Å²) >= 11 is 5.92. The van der Waals surface area contributed by atoms with Gasteiger partial charge in [0.2, 0.25) is 0 Å². The Labute approximate surface area is 132 Å². The van der Waals surface area contributed by atoms with Gasteiger partial charge in [-0.25, -0.2) is 9.18 Å². The van der Waals surface area contributed by atoms with E-state index in [1.54, 1.807) is 13.8 Å². The van der Waals surface area contributed by atoms with Gasteiger partial charge in [0.15, 0.2) is 11.6 Å². The number of ether oxygens (including phenoxy) is 3. The van der Waals surface area contributed by atoms with Crippen molar-refractivity contribution in [1.29, 1.82) is 0 Å². The zero-order valence-electron chi connectivity index (χ0n) is 12.2. The van der Waals surface area contributed by atoms with Crippen LogP contribution in [0.5, 0.6) is 5.75 Å². The summed E-state index contributed by atoms with van der Waals surface area (Å²) < 4.78 is 30.9. The van der Waals surface area contributed by atoms with Crippen LogP contribution < -0.4 is 4.74 Å². The summed E-state index contributed by atoms with van der Waals surface area (Å²) in [4.78, 5) is 10.7. The van der Waals surface area contributed by atoms with Crippen molar-refractivity contribution >= 4 is 23.6 Å². The van der Waals surface area contributed by atoms with Crippen LogP contribution in [0.4, 0.5) is 4.39 Å². The first-order valence-electron chi connectivity index (χ1n) is 6.73. The number of halogens is 2. The quantitative estimate of drug-likeness (QED) is 0.840. The van der Waals surface area contributed by atoms with Crippen molar-refractivity contribution in [2.24, 2.45) is 0 Å². The molecule has 22 heavy (non-hydrogen) atoms. The van der Waals surface area contributed by atoms with Gasteiger partial charge in [0.25, 0.3) is 0 Å². The molecular weight excluding hydrogens is 315 g/mol. The normalized spacial score (nSPS) is 17.1. The minimum Gasteiger partial charge on any atom is -0.493 e. The van der Waals surface area contributed by atoms with Crippen LogP contribution in [0, 0.1) is 5.82 Å². The number of carbonyl (C=O) groups is 1. The highest BCUT2D eigenvalue weighted by Gasteiger charge is 2.38. The summed E-state index contributed by atoms with van der Waals surface area (Å²) in [5.41, 5.74) is 0.371. The lowest BCUT2D eigenvalue weighted by molar-refractivity contribution is -0.150. The Morgan fingerprint density at radius 3 is 2.73 bits per heavy atom. The van der Waals surface area contributed by atoms with Crippen molar-refractivity contribution < 1.29 is 28.5 Å². The Bertz CT molecular complexity index is 608. The molecule has 0 unspecified atom stereocenters. The number of carboxylic acids is 1. The molecule has 120 valence electrons. The summed E-state index contributed by atoms with van der Waals surface area (Å²) in [5, 5.41) is 8.59. The van der Waals surface area contributed by atoms with Gasteiger partial charge in [0, 0.05) is 6.08 Å². The molecule has 7 heteroatoms. The molecule has 0 aromatic heterocycles. The second-order valence-corrected chi connectivity index (χ2v) is 5.12. The topological polar surface area (TPSA) is 65.0 Å². The fraction of sp³-hybridized carbons (Fsp3) is 0.400. The van der Waals surface area contributed by atoms with Crippen LogP contribution in [0.2, 0.25) is 5.02 Å². The first-order valence-corrected chi connectivity index (χ1v) is 7.11. The van der Waals surface area contributed by atoms with E-state index in [0.717, 1.165) is 12.2 Å². The molecule has 1 N–H and O–H groups in total. The number of carboxylic acid groups (broad SMARTS) is 1. The minimum absolute atomic E-state index is 0.0490. The highest BCUT2D eigenvalue weighted by molar-refractivity contribution is 6.31. The molecule has 1 fully saturated rings. The van der Waals surface area contributed by atoms with Gasteiger partial charge in [-0.05, 0) is 26.0 Å². The van der Waals surface area contributed by atoms with E-state index < -0.39 is 17.6 Å². The van der Waals surface area contributed by atoms with Crippen LogP contribution in [-0.2, 0) is 20.1 Å². The Morgan fingerprint density at radius 2 is 2.18 bits per heavy atom. The Hall–Kier alpha value is -1.63.